The number of hydrogen-bond acceptors (Lipinski definition) is 5. The summed E-state index contributed by atoms with van der Waals surface area (Å²) in [6.07, 6.45) is 8.79. The van der Waals surface area contributed by atoms with E-state index >= 15 is 0 Å². The average molecular weight is 272 g/mol. The Hall–Kier alpha value is -1.33. The van der Waals surface area contributed by atoms with Gasteiger partial charge in [-0.25, -0.2) is 15.0 Å². The molecule has 0 unspecified atom stereocenters. The lowest BCUT2D eigenvalue weighted by atomic mass is 10.2. The van der Waals surface area contributed by atoms with Gasteiger partial charge < -0.3 is 5.32 Å². The highest BCUT2D eigenvalue weighted by molar-refractivity contribution is 7.15. The summed E-state index contributed by atoms with van der Waals surface area (Å²) in [5, 5.41) is 4.56. The minimum atomic E-state index is 0.685. The number of thiazole rings is 1. The van der Waals surface area contributed by atoms with Crippen molar-refractivity contribution in [3.05, 3.63) is 29.0 Å². The van der Waals surface area contributed by atoms with Crippen LogP contribution >= 0.6 is 11.3 Å². The van der Waals surface area contributed by atoms with Gasteiger partial charge in [-0.05, 0) is 31.7 Å². The molecule has 0 aromatic carbocycles. The zero-order valence-corrected chi connectivity index (χ0v) is 11.5. The first-order valence-electron chi connectivity index (χ1n) is 6.90. The third-order valence-corrected chi connectivity index (χ3v) is 4.64. The van der Waals surface area contributed by atoms with Crippen LogP contribution in [-0.4, -0.2) is 21.0 Å². The van der Waals surface area contributed by atoms with Crippen molar-refractivity contribution in [2.24, 2.45) is 0 Å². The first-order valence-corrected chi connectivity index (χ1v) is 7.72. The summed E-state index contributed by atoms with van der Waals surface area (Å²) in [6.45, 7) is 0.959. The smallest absolute Gasteiger partial charge is 0.188 e. The normalized spacial score (nSPS) is 18.7. The van der Waals surface area contributed by atoms with Crippen molar-refractivity contribution in [2.75, 3.05) is 0 Å². The standard InChI is InChI=1S/C14H16N4S/c1-6-15-13(16-7-1)14-18-12(9-2-3-9)11(19-14)8-17-10-4-5-10/h1,6-7,9-10,17H,2-5,8H2. The van der Waals surface area contributed by atoms with Gasteiger partial charge in [0.25, 0.3) is 0 Å². The van der Waals surface area contributed by atoms with Gasteiger partial charge in [-0.15, -0.1) is 11.3 Å². The summed E-state index contributed by atoms with van der Waals surface area (Å²) in [6, 6.07) is 2.58. The molecule has 5 heteroatoms. The van der Waals surface area contributed by atoms with Gasteiger partial charge in [-0.3, -0.25) is 0 Å². The molecule has 4 nitrogen and oxygen atoms in total. The first-order chi connectivity index (χ1) is 9.40. The van der Waals surface area contributed by atoms with E-state index in [9.17, 15) is 0 Å². The van der Waals surface area contributed by atoms with Crippen LogP contribution in [0, 0.1) is 0 Å². The molecule has 19 heavy (non-hydrogen) atoms. The molecule has 1 N–H and O–H groups in total. The maximum atomic E-state index is 4.79. The topological polar surface area (TPSA) is 50.7 Å². The van der Waals surface area contributed by atoms with Crippen LogP contribution in [0.5, 0.6) is 0 Å². The number of aromatic nitrogens is 3. The first kappa shape index (κ1) is 11.5. The van der Waals surface area contributed by atoms with E-state index in [4.69, 9.17) is 4.98 Å². The average Bonchev–Trinajstić information content (AvgIpc) is 3.37. The third-order valence-electron chi connectivity index (χ3n) is 3.58. The second-order valence-electron chi connectivity index (χ2n) is 5.33. The predicted octanol–water partition coefficient (Wildman–Crippen LogP) is 2.73. The van der Waals surface area contributed by atoms with E-state index in [0.29, 0.717) is 5.92 Å². The Morgan fingerprint density at radius 3 is 2.63 bits per heavy atom. The summed E-state index contributed by atoms with van der Waals surface area (Å²) in [5.41, 5.74) is 1.29. The van der Waals surface area contributed by atoms with Gasteiger partial charge in [0.2, 0.25) is 0 Å². The van der Waals surface area contributed by atoms with E-state index < -0.39 is 0 Å². The molecule has 0 radical (unpaired) electrons. The predicted molar refractivity (Wildman–Crippen MR) is 75.0 cm³/mol. The Balaban J connectivity index is 1.62. The molecule has 2 aliphatic carbocycles. The Morgan fingerprint density at radius 1 is 1.16 bits per heavy atom. The largest absolute Gasteiger partial charge is 0.309 e. The molecular weight excluding hydrogens is 256 g/mol. The fourth-order valence-corrected chi connectivity index (χ4v) is 3.24. The second kappa shape index (κ2) is 4.65. The zero-order chi connectivity index (χ0) is 12.7. The number of hydrogen-bond donors (Lipinski definition) is 1. The van der Waals surface area contributed by atoms with E-state index in [2.05, 4.69) is 15.3 Å². The van der Waals surface area contributed by atoms with Crippen LogP contribution in [0.25, 0.3) is 10.8 Å². The number of nitrogens with one attached hydrogen (secondary N) is 1. The lowest BCUT2D eigenvalue weighted by Crippen LogP contribution is -2.15. The van der Waals surface area contributed by atoms with Gasteiger partial charge in [0.05, 0.1) is 5.69 Å². The molecule has 0 spiro atoms. The Kier molecular flexibility index (Phi) is 2.81. The van der Waals surface area contributed by atoms with Gasteiger partial charge >= 0.3 is 0 Å². The van der Waals surface area contributed by atoms with Gasteiger partial charge in [0.1, 0.15) is 0 Å². The molecule has 0 aliphatic heterocycles. The molecule has 0 saturated heterocycles. The Labute approximate surface area is 116 Å². The number of rotatable bonds is 5. The van der Waals surface area contributed by atoms with Crippen LogP contribution in [0.3, 0.4) is 0 Å². The van der Waals surface area contributed by atoms with Gasteiger partial charge in [-0.1, -0.05) is 0 Å². The van der Waals surface area contributed by atoms with Crippen molar-refractivity contribution in [3.63, 3.8) is 0 Å². The molecule has 0 bridgehead atoms. The fraction of sp³-hybridized carbons (Fsp3) is 0.500. The molecule has 2 saturated carbocycles. The van der Waals surface area contributed by atoms with E-state index in [1.165, 1.54) is 36.3 Å². The lowest BCUT2D eigenvalue weighted by molar-refractivity contribution is 0.688. The van der Waals surface area contributed by atoms with Crippen LogP contribution in [0.1, 0.15) is 42.2 Å². The maximum absolute atomic E-state index is 4.79. The molecule has 2 heterocycles. The quantitative estimate of drug-likeness (QED) is 0.909. The summed E-state index contributed by atoms with van der Waals surface area (Å²) in [7, 11) is 0. The number of nitrogens with zero attached hydrogens (tertiary/aromatic N) is 3. The molecule has 98 valence electrons. The Bertz CT molecular complexity index is 572. The van der Waals surface area contributed by atoms with E-state index in [0.717, 1.165) is 23.4 Å². The van der Waals surface area contributed by atoms with Gasteiger partial charge in [0, 0.05) is 35.8 Å². The minimum Gasteiger partial charge on any atom is -0.309 e. The molecule has 2 fully saturated rings. The van der Waals surface area contributed by atoms with Crippen molar-refractivity contribution >= 4 is 11.3 Å². The second-order valence-corrected chi connectivity index (χ2v) is 6.41. The lowest BCUT2D eigenvalue weighted by Gasteiger charge is -2.01. The van der Waals surface area contributed by atoms with Crippen molar-refractivity contribution in [2.45, 2.75) is 44.2 Å². The third kappa shape index (κ3) is 2.53. The van der Waals surface area contributed by atoms with Crippen LogP contribution in [0.4, 0.5) is 0 Å². The summed E-state index contributed by atoms with van der Waals surface area (Å²) >= 11 is 1.75. The van der Waals surface area contributed by atoms with Crippen LogP contribution < -0.4 is 5.32 Å². The summed E-state index contributed by atoms with van der Waals surface area (Å²) in [4.78, 5) is 14.8. The zero-order valence-electron chi connectivity index (χ0n) is 10.7. The highest BCUT2D eigenvalue weighted by Crippen LogP contribution is 2.44. The Morgan fingerprint density at radius 2 is 1.95 bits per heavy atom. The highest BCUT2D eigenvalue weighted by atomic mass is 32.1. The van der Waals surface area contributed by atoms with Crippen molar-refractivity contribution in [1.82, 2.24) is 20.3 Å². The SMILES string of the molecule is c1cnc(-c2nc(C3CC3)c(CNC3CC3)s2)nc1. The van der Waals surface area contributed by atoms with Crippen molar-refractivity contribution in [1.29, 1.82) is 0 Å². The molecule has 0 atom stereocenters. The van der Waals surface area contributed by atoms with E-state index in [-0.39, 0.29) is 0 Å². The van der Waals surface area contributed by atoms with Crippen LogP contribution in [0.15, 0.2) is 18.5 Å². The van der Waals surface area contributed by atoms with Crippen molar-refractivity contribution in [3.8, 4) is 10.8 Å². The highest BCUT2D eigenvalue weighted by Gasteiger charge is 2.31. The fourth-order valence-electron chi connectivity index (χ4n) is 2.20. The van der Waals surface area contributed by atoms with Gasteiger partial charge in [0.15, 0.2) is 10.8 Å². The molecular formula is C14H16N4S. The minimum absolute atomic E-state index is 0.685. The van der Waals surface area contributed by atoms with E-state index in [1.807, 2.05) is 6.07 Å². The van der Waals surface area contributed by atoms with Gasteiger partial charge in [-0.2, -0.15) is 0 Å². The van der Waals surface area contributed by atoms with Crippen molar-refractivity contribution < 1.29 is 0 Å². The summed E-state index contributed by atoms with van der Waals surface area (Å²) in [5.74, 6) is 1.44. The molecule has 0 amide bonds. The molecule has 4 rings (SSSR count). The molecule has 2 aliphatic rings. The van der Waals surface area contributed by atoms with Crippen LogP contribution in [0.2, 0.25) is 0 Å². The maximum Gasteiger partial charge on any atom is 0.188 e. The monoisotopic (exact) mass is 272 g/mol. The molecule has 2 aromatic rings. The van der Waals surface area contributed by atoms with Crippen LogP contribution in [-0.2, 0) is 6.54 Å². The summed E-state index contributed by atoms with van der Waals surface area (Å²) < 4.78 is 0. The van der Waals surface area contributed by atoms with E-state index in [1.54, 1.807) is 23.7 Å². The molecule has 2 aromatic heterocycles.